The number of aliphatic hydroxyl groups is 1. The Morgan fingerprint density at radius 1 is 1.40 bits per heavy atom. The largest absolute Gasteiger partial charge is 0.618 e. The number of aromatic nitrogens is 5. The molecule has 0 unspecified atom stereocenters. The van der Waals surface area contributed by atoms with Gasteiger partial charge in [-0.05, 0) is 25.0 Å². The molecule has 1 N–H and O–H groups in total. The lowest BCUT2D eigenvalue weighted by Crippen LogP contribution is -2.32. The molecule has 1 saturated carbocycles. The number of imidazole rings is 1. The van der Waals surface area contributed by atoms with E-state index in [0.717, 1.165) is 4.73 Å². The second kappa shape index (κ2) is 4.68. The highest BCUT2D eigenvalue weighted by Crippen LogP contribution is 2.44. The zero-order valence-electron chi connectivity index (χ0n) is 13.1. The van der Waals surface area contributed by atoms with Gasteiger partial charge in [0.2, 0.25) is 17.0 Å². The van der Waals surface area contributed by atoms with E-state index in [2.05, 4.69) is 15.1 Å². The summed E-state index contributed by atoms with van der Waals surface area (Å²) in [5.41, 5.74) is 1.53. The number of benzene rings is 1. The maximum absolute atomic E-state index is 12.7. The minimum absolute atomic E-state index is 0.175. The number of halogens is 1. The van der Waals surface area contributed by atoms with Crippen molar-refractivity contribution in [2.45, 2.75) is 25.4 Å². The molecular weight excluding hydrogens is 346 g/mol. The van der Waals surface area contributed by atoms with E-state index in [0.29, 0.717) is 45.8 Å². The maximum atomic E-state index is 12.7. The third-order valence-electron chi connectivity index (χ3n) is 4.60. The van der Waals surface area contributed by atoms with Gasteiger partial charge in [0, 0.05) is 18.0 Å². The third-order valence-corrected chi connectivity index (χ3v) is 4.83. The molecule has 0 spiro atoms. The Labute approximate surface area is 145 Å². The van der Waals surface area contributed by atoms with E-state index >= 15 is 0 Å². The molecule has 1 aliphatic carbocycles. The van der Waals surface area contributed by atoms with Gasteiger partial charge in [0.05, 0.1) is 0 Å². The van der Waals surface area contributed by atoms with Gasteiger partial charge in [-0.25, -0.2) is 4.98 Å². The molecule has 0 atom stereocenters. The lowest BCUT2D eigenvalue weighted by molar-refractivity contribution is -0.583. The van der Waals surface area contributed by atoms with Crippen LogP contribution in [-0.4, -0.2) is 24.6 Å². The zero-order chi connectivity index (χ0) is 17.3. The van der Waals surface area contributed by atoms with E-state index in [9.17, 15) is 10.3 Å². The van der Waals surface area contributed by atoms with Crippen molar-refractivity contribution < 1.29 is 14.4 Å². The van der Waals surface area contributed by atoms with Crippen LogP contribution in [0.1, 0.15) is 24.4 Å². The van der Waals surface area contributed by atoms with Crippen LogP contribution in [0.3, 0.4) is 0 Å². The monoisotopic (exact) mass is 357 g/mol. The first-order valence-corrected chi connectivity index (χ1v) is 8.11. The standard InChI is InChI=1S/C16H12ClN5O3/c1-8-13-12(14-19-15(20-25-14)16(23)4-5-16)18-7-21(13)10-3-2-9(17)6-11(10)22(8)24/h2-3,6-7,23H,4-5H2,1H3. The molecule has 5 rings (SSSR count). The average molecular weight is 358 g/mol. The molecule has 0 radical (unpaired) electrons. The van der Waals surface area contributed by atoms with Gasteiger partial charge in [-0.2, -0.15) is 9.71 Å². The molecular formula is C16H12ClN5O3. The van der Waals surface area contributed by atoms with Crippen molar-refractivity contribution in [3.8, 4) is 11.6 Å². The van der Waals surface area contributed by atoms with Crippen LogP contribution >= 0.6 is 11.6 Å². The normalized spacial score (nSPS) is 16.0. The fraction of sp³-hybridized carbons (Fsp3) is 0.250. The van der Waals surface area contributed by atoms with Crippen LogP contribution in [0.4, 0.5) is 0 Å². The Morgan fingerprint density at radius 3 is 2.96 bits per heavy atom. The quantitative estimate of drug-likeness (QED) is 0.435. The van der Waals surface area contributed by atoms with Gasteiger partial charge >= 0.3 is 0 Å². The minimum Gasteiger partial charge on any atom is -0.618 e. The molecule has 0 amide bonds. The van der Waals surface area contributed by atoms with Crippen LogP contribution in [0.15, 0.2) is 29.0 Å². The lowest BCUT2D eigenvalue weighted by Gasteiger charge is -2.08. The van der Waals surface area contributed by atoms with Gasteiger partial charge in [0.1, 0.15) is 23.0 Å². The molecule has 126 valence electrons. The molecule has 1 fully saturated rings. The molecule has 0 saturated heterocycles. The van der Waals surface area contributed by atoms with Gasteiger partial charge in [-0.15, -0.1) is 0 Å². The van der Waals surface area contributed by atoms with E-state index in [4.69, 9.17) is 16.1 Å². The van der Waals surface area contributed by atoms with Gasteiger partial charge in [-0.3, -0.25) is 4.40 Å². The van der Waals surface area contributed by atoms with Crippen molar-refractivity contribution in [3.63, 3.8) is 0 Å². The Balaban J connectivity index is 1.79. The molecule has 1 aliphatic rings. The summed E-state index contributed by atoms with van der Waals surface area (Å²) < 4.78 is 7.89. The third kappa shape index (κ3) is 1.98. The Hall–Kier alpha value is -2.71. The van der Waals surface area contributed by atoms with E-state index in [1.165, 1.54) is 0 Å². The SMILES string of the molecule is Cc1c2c(-c3nc(C4(O)CC4)no3)ncn2c2ccc(Cl)cc2[n+]1[O-]. The van der Waals surface area contributed by atoms with Crippen molar-refractivity contribution in [1.29, 1.82) is 0 Å². The minimum atomic E-state index is -0.992. The van der Waals surface area contributed by atoms with Crippen molar-refractivity contribution in [2.24, 2.45) is 0 Å². The Bertz CT molecular complexity index is 1160. The van der Waals surface area contributed by atoms with E-state index in [1.54, 1.807) is 35.9 Å². The first kappa shape index (κ1) is 14.6. The van der Waals surface area contributed by atoms with Gasteiger partial charge in [0.15, 0.2) is 5.69 Å². The molecule has 3 aromatic heterocycles. The number of rotatable bonds is 2. The first-order chi connectivity index (χ1) is 12.0. The summed E-state index contributed by atoms with van der Waals surface area (Å²) in [4.78, 5) is 8.62. The van der Waals surface area contributed by atoms with Crippen molar-refractivity contribution >= 4 is 28.2 Å². The summed E-state index contributed by atoms with van der Waals surface area (Å²) in [6, 6.07) is 5.09. The second-order valence-corrected chi connectivity index (χ2v) is 6.72. The highest BCUT2D eigenvalue weighted by atomic mass is 35.5. The second-order valence-electron chi connectivity index (χ2n) is 6.28. The predicted octanol–water partition coefficient (Wildman–Crippen LogP) is 2.11. The van der Waals surface area contributed by atoms with Crippen molar-refractivity contribution in [1.82, 2.24) is 19.5 Å². The van der Waals surface area contributed by atoms with E-state index in [1.807, 2.05) is 0 Å². The highest BCUT2D eigenvalue weighted by molar-refractivity contribution is 6.31. The van der Waals surface area contributed by atoms with Gasteiger partial charge in [-0.1, -0.05) is 16.8 Å². The molecule has 3 heterocycles. The molecule has 9 heteroatoms. The van der Waals surface area contributed by atoms with Crippen molar-refractivity contribution in [2.75, 3.05) is 0 Å². The summed E-state index contributed by atoms with van der Waals surface area (Å²) in [6.07, 6.45) is 2.82. The summed E-state index contributed by atoms with van der Waals surface area (Å²) in [6.45, 7) is 1.69. The topological polar surface area (TPSA) is 103 Å². The molecule has 0 bridgehead atoms. The van der Waals surface area contributed by atoms with Gasteiger partial charge in [0.25, 0.3) is 5.89 Å². The average Bonchev–Trinajstić information content (AvgIpc) is 3.04. The van der Waals surface area contributed by atoms with Crippen LogP contribution in [0.25, 0.3) is 28.1 Å². The van der Waals surface area contributed by atoms with E-state index in [-0.39, 0.29) is 11.7 Å². The fourth-order valence-corrected chi connectivity index (χ4v) is 3.19. The number of nitrogens with zero attached hydrogens (tertiary/aromatic N) is 5. The molecule has 8 nitrogen and oxygen atoms in total. The van der Waals surface area contributed by atoms with Crippen LogP contribution < -0.4 is 4.73 Å². The van der Waals surface area contributed by atoms with Crippen molar-refractivity contribution in [3.05, 3.63) is 46.3 Å². The predicted molar refractivity (Wildman–Crippen MR) is 87.8 cm³/mol. The highest BCUT2D eigenvalue weighted by Gasteiger charge is 2.47. The number of fused-ring (bicyclic) bond motifs is 3. The summed E-state index contributed by atoms with van der Waals surface area (Å²) in [7, 11) is 0. The molecule has 4 aromatic rings. The summed E-state index contributed by atoms with van der Waals surface area (Å²) in [5.74, 6) is 0.429. The zero-order valence-corrected chi connectivity index (χ0v) is 13.9. The van der Waals surface area contributed by atoms with Crippen LogP contribution in [0.5, 0.6) is 0 Å². The smallest absolute Gasteiger partial charge is 0.279 e. The molecule has 0 aliphatic heterocycles. The summed E-state index contributed by atoms with van der Waals surface area (Å²) >= 11 is 6.01. The number of aryl methyl sites for hydroxylation is 1. The first-order valence-electron chi connectivity index (χ1n) is 7.73. The molecule has 1 aromatic carbocycles. The molecule has 25 heavy (non-hydrogen) atoms. The fourth-order valence-electron chi connectivity index (χ4n) is 3.02. The number of hydrogen-bond acceptors (Lipinski definition) is 6. The van der Waals surface area contributed by atoms with Crippen LogP contribution in [0.2, 0.25) is 5.02 Å². The maximum Gasteiger partial charge on any atom is 0.279 e. The Morgan fingerprint density at radius 2 is 2.20 bits per heavy atom. The Kier molecular flexibility index (Phi) is 2.73. The number of hydrogen-bond donors (Lipinski definition) is 1. The van der Waals surface area contributed by atoms with Gasteiger partial charge < -0.3 is 14.8 Å². The summed E-state index contributed by atoms with van der Waals surface area (Å²) in [5, 5.41) is 27.1. The van der Waals surface area contributed by atoms with Crippen LogP contribution in [0, 0.1) is 12.1 Å². The van der Waals surface area contributed by atoms with E-state index < -0.39 is 5.60 Å². The lowest BCUT2D eigenvalue weighted by atomic mass is 10.2. The van der Waals surface area contributed by atoms with Crippen LogP contribution in [-0.2, 0) is 5.60 Å².